The summed E-state index contributed by atoms with van der Waals surface area (Å²) >= 11 is 0. The van der Waals surface area contributed by atoms with Crippen LogP contribution < -0.4 is 5.73 Å². The second-order valence-corrected chi connectivity index (χ2v) is 7.63. The van der Waals surface area contributed by atoms with Gasteiger partial charge in [0.05, 0.1) is 46.6 Å². The predicted molar refractivity (Wildman–Crippen MR) is 120 cm³/mol. The van der Waals surface area contributed by atoms with Crippen molar-refractivity contribution in [1.29, 1.82) is 5.26 Å². The van der Waals surface area contributed by atoms with E-state index in [0.717, 1.165) is 11.0 Å². The van der Waals surface area contributed by atoms with Gasteiger partial charge in [0.25, 0.3) is 0 Å². The molecular formula is C23H14F3N9O. The normalized spacial score (nSPS) is 11.5. The highest BCUT2D eigenvalue weighted by Gasteiger charge is 2.40. The Morgan fingerprint density at radius 2 is 1.83 bits per heavy atom. The van der Waals surface area contributed by atoms with Crippen molar-refractivity contribution < 1.29 is 18.0 Å². The Labute approximate surface area is 200 Å². The van der Waals surface area contributed by atoms with Crippen LogP contribution in [0.4, 0.5) is 18.9 Å². The summed E-state index contributed by atoms with van der Waals surface area (Å²) in [6.45, 7) is 0. The highest BCUT2D eigenvalue weighted by Crippen LogP contribution is 2.36. The van der Waals surface area contributed by atoms with E-state index in [1.54, 1.807) is 12.1 Å². The van der Waals surface area contributed by atoms with E-state index >= 15 is 0 Å². The van der Waals surface area contributed by atoms with E-state index in [1.165, 1.54) is 43.0 Å². The van der Waals surface area contributed by atoms with Crippen LogP contribution in [0, 0.1) is 11.3 Å². The molecule has 0 amide bonds. The maximum Gasteiger partial charge on any atom is 0.434 e. The topological polar surface area (TPSA) is 141 Å². The van der Waals surface area contributed by atoms with Crippen molar-refractivity contribution >= 4 is 22.4 Å². The van der Waals surface area contributed by atoms with E-state index in [9.17, 15) is 23.2 Å². The van der Waals surface area contributed by atoms with Gasteiger partial charge in [-0.05, 0) is 35.9 Å². The number of anilines is 1. The fraction of sp³-hybridized carbons (Fsp3) is 0.0870. The molecule has 0 aliphatic heterocycles. The summed E-state index contributed by atoms with van der Waals surface area (Å²) in [4.78, 5) is 22.4. The van der Waals surface area contributed by atoms with Gasteiger partial charge in [-0.2, -0.15) is 33.7 Å². The molecular weight excluding hydrogens is 475 g/mol. The lowest BCUT2D eigenvalue weighted by atomic mass is 10.0. The number of fused-ring (bicyclic) bond motifs is 1. The highest BCUT2D eigenvalue weighted by atomic mass is 19.4. The van der Waals surface area contributed by atoms with Crippen LogP contribution in [-0.2, 0) is 12.6 Å². The molecule has 0 bridgehead atoms. The number of carbonyl (C=O) groups excluding carboxylic acids is 1. The lowest BCUT2D eigenvalue weighted by Crippen LogP contribution is -2.18. The molecule has 0 radical (unpaired) electrons. The van der Waals surface area contributed by atoms with Gasteiger partial charge in [-0.3, -0.25) is 9.78 Å². The van der Waals surface area contributed by atoms with Gasteiger partial charge in [-0.15, -0.1) is 4.80 Å². The van der Waals surface area contributed by atoms with Crippen LogP contribution in [0.15, 0.2) is 61.3 Å². The molecule has 0 aliphatic rings. The van der Waals surface area contributed by atoms with Crippen molar-refractivity contribution in [3.63, 3.8) is 0 Å². The van der Waals surface area contributed by atoms with Gasteiger partial charge >= 0.3 is 6.18 Å². The molecule has 13 heteroatoms. The second kappa shape index (κ2) is 8.58. The molecule has 0 spiro atoms. The summed E-state index contributed by atoms with van der Waals surface area (Å²) < 4.78 is 43.3. The lowest BCUT2D eigenvalue weighted by Gasteiger charge is -2.14. The van der Waals surface area contributed by atoms with Gasteiger partial charge in [0, 0.05) is 24.2 Å². The maximum atomic E-state index is 14.2. The molecule has 36 heavy (non-hydrogen) atoms. The van der Waals surface area contributed by atoms with Crippen LogP contribution >= 0.6 is 0 Å². The first-order chi connectivity index (χ1) is 17.3. The van der Waals surface area contributed by atoms with E-state index in [4.69, 9.17) is 5.73 Å². The Kier molecular flexibility index (Phi) is 5.40. The molecule has 0 saturated heterocycles. The number of nitrogens with two attached hydrogens (primary N) is 1. The Morgan fingerprint density at radius 1 is 1.06 bits per heavy atom. The maximum absolute atomic E-state index is 14.2. The SMILES string of the molecule is N#Cc1cc(CC(=O)c2cnn(-c3ccc(N)c4ncccc34)c2C(F)(F)F)cnc1-n1nccn1. The zero-order valence-corrected chi connectivity index (χ0v) is 18.2. The van der Waals surface area contributed by atoms with Crippen molar-refractivity contribution in [2.45, 2.75) is 12.6 Å². The molecule has 0 unspecified atom stereocenters. The molecule has 5 aromatic rings. The van der Waals surface area contributed by atoms with Crippen molar-refractivity contribution in [3.8, 4) is 17.6 Å². The Balaban J connectivity index is 1.55. The summed E-state index contributed by atoms with van der Waals surface area (Å²) in [6, 6.07) is 9.25. The molecule has 0 aliphatic carbocycles. The number of nitrogens with zero attached hydrogens (tertiary/aromatic N) is 8. The average molecular weight is 489 g/mol. The number of carbonyl (C=O) groups is 1. The standard InChI is InChI=1S/C23H14F3N9O/c24-23(25,26)21-16(12-33-34(21)18-4-3-17(28)20-15(18)2-1-5-29-20)19(36)9-13-8-14(10-27)22(30-11-13)35-31-6-7-32-35/h1-8,11-12H,9,28H2. The molecule has 10 nitrogen and oxygen atoms in total. The number of halogens is 3. The number of nitrogen functional groups attached to an aromatic ring is 1. The molecule has 4 aromatic heterocycles. The van der Waals surface area contributed by atoms with E-state index in [0.29, 0.717) is 21.3 Å². The molecule has 0 fully saturated rings. The minimum absolute atomic E-state index is 0.0593. The highest BCUT2D eigenvalue weighted by molar-refractivity contribution is 5.99. The molecule has 1 aromatic carbocycles. The van der Waals surface area contributed by atoms with Crippen LogP contribution in [0.25, 0.3) is 22.4 Å². The average Bonchev–Trinajstić information content (AvgIpc) is 3.55. The first kappa shape index (κ1) is 22.7. The first-order valence-electron chi connectivity index (χ1n) is 10.4. The summed E-state index contributed by atoms with van der Waals surface area (Å²) in [6.07, 6.45) is 1.10. The van der Waals surface area contributed by atoms with Gasteiger partial charge < -0.3 is 5.73 Å². The van der Waals surface area contributed by atoms with Crippen molar-refractivity contribution in [1.82, 2.24) is 34.7 Å². The van der Waals surface area contributed by atoms with Gasteiger partial charge in [-0.25, -0.2) is 9.67 Å². The summed E-state index contributed by atoms with van der Waals surface area (Å²) in [5.74, 6) is -0.714. The van der Waals surface area contributed by atoms with Gasteiger partial charge in [0.2, 0.25) is 0 Å². The summed E-state index contributed by atoms with van der Waals surface area (Å²) in [7, 11) is 0. The van der Waals surface area contributed by atoms with Crippen LogP contribution in [0.2, 0.25) is 0 Å². The fourth-order valence-electron chi connectivity index (χ4n) is 3.82. The number of benzene rings is 1. The number of rotatable bonds is 5. The Bertz CT molecular complexity index is 1650. The van der Waals surface area contributed by atoms with E-state index < -0.39 is 29.6 Å². The Hall–Kier alpha value is -5.12. The number of Topliss-reactive ketones (excluding diaryl/α,β-unsaturated/α-hetero) is 1. The van der Waals surface area contributed by atoms with Crippen LogP contribution in [-0.4, -0.2) is 40.5 Å². The number of aromatic nitrogens is 7. The molecule has 4 heterocycles. The third kappa shape index (κ3) is 3.90. The van der Waals surface area contributed by atoms with Gasteiger partial charge in [0.15, 0.2) is 17.3 Å². The number of ketones is 1. The van der Waals surface area contributed by atoms with Crippen molar-refractivity contribution in [2.75, 3.05) is 5.73 Å². The lowest BCUT2D eigenvalue weighted by molar-refractivity contribution is -0.143. The number of pyridine rings is 2. The number of hydrogen-bond donors (Lipinski definition) is 1. The molecule has 178 valence electrons. The monoisotopic (exact) mass is 489 g/mol. The molecule has 2 N–H and O–H groups in total. The quantitative estimate of drug-likeness (QED) is 0.293. The first-order valence-corrected chi connectivity index (χ1v) is 10.4. The van der Waals surface area contributed by atoms with Crippen molar-refractivity contribution in [2.24, 2.45) is 0 Å². The van der Waals surface area contributed by atoms with E-state index in [1.807, 2.05) is 6.07 Å². The zero-order chi connectivity index (χ0) is 25.4. The molecule has 0 saturated carbocycles. The minimum atomic E-state index is -4.90. The van der Waals surface area contributed by atoms with Crippen LogP contribution in [0.3, 0.4) is 0 Å². The number of hydrogen-bond acceptors (Lipinski definition) is 8. The number of alkyl halides is 3. The summed E-state index contributed by atoms with van der Waals surface area (Å²) in [5, 5.41) is 21.5. The van der Waals surface area contributed by atoms with Gasteiger partial charge in [0.1, 0.15) is 6.07 Å². The number of nitriles is 1. The van der Waals surface area contributed by atoms with Crippen LogP contribution in [0.5, 0.6) is 0 Å². The van der Waals surface area contributed by atoms with E-state index in [-0.39, 0.29) is 22.6 Å². The minimum Gasteiger partial charge on any atom is -0.397 e. The van der Waals surface area contributed by atoms with E-state index in [2.05, 4.69) is 25.3 Å². The smallest absolute Gasteiger partial charge is 0.397 e. The second-order valence-electron chi connectivity index (χ2n) is 7.63. The zero-order valence-electron chi connectivity index (χ0n) is 18.2. The van der Waals surface area contributed by atoms with Crippen LogP contribution in [0.1, 0.15) is 27.2 Å². The molecule has 0 atom stereocenters. The molecule has 5 rings (SSSR count). The Morgan fingerprint density at radius 3 is 2.56 bits per heavy atom. The van der Waals surface area contributed by atoms with Crippen molar-refractivity contribution in [3.05, 3.63) is 83.7 Å². The third-order valence-electron chi connectivity index (χ3n) is 5.36. The van der Waals surface area contributed by atoms with Gasteiger partial charge in [-0.1, -0.05) is 0 Å². The largest absolute Gasteiger partial charge is 0.434 e. The predicted octanol–water partition coefficient (Wildman–Crippen LogP) is 3.29. The summed E-state index contributed by atoms with van der Waals surface area (Å²) in [5.41, 5.74) is 5.06. The third-order valence-corrected chi connectivity index (χ3v) is 5.36. The fourth-order valence-corrected chi connectivity index (χ4v) is 3.82.